The SMILES string of the molecule is CCCC[C@]12CC[C@@H]3C[C@H](O)[C@H]1CC(=O)N32. The van der Waals surface area contributed by atoms with Crippen LogP contribution in [0.5, 0.6) is 0 Å². The summed E-state index contributed by atoms with van der Waals surface area (Å²) in [7, 11) is 0. The fraction of sp³-hybridized carbons (Fsp3) is 0.923. The van der Waals surface area contributed by atoms with Crippen LogP contribution in [0.1, 0.15) is 51.9 Å². The van der Waals surface area contributed by atoms with E-state index in [4.69, 9.17) is 0 Å². The third-order valence-corrected chi connectivity index (χ3v) is 5.05. The number of unbranched alkanes of at least 4 members (excludes halogenated alkanes) is 1. The van der Waals surface area contributed by atoms with Gasteiger partial charge in [-0.15, -0.1) is 0 Å². The van der Waals surface area contributed by atoms with E-state index in [1.807, 2.05) is 0 Å². The number of amides is 1. The molecular weight excluding hydrogens is 202 g/mol. The molecule has 3 nitrogen and oxygen atoms in total. The van der Waals surface area contributed by atoms with E-state index in [1.165, 1.54) is 12.8 Å². The topological polar surface area (TPSA) is 40.5 Å². The summed E-state index contributed by atoms with van der Waals surface area (Å²) >= 11 is 0. The lowest BCUT2D eigenvalue weighted by molar-refractivity contribution is -0.133. The second kappa shape index (κ2) is 3.46. The van der Waals surface area contributed by atoms with E-state index in [-0.39, 0.29) is 17.6 Å². The number of rotatable bonds is 3. The Balaban J connectivity index is 1.94. The van der Waals surface area contributed by atoms with Crippen molar-refractivity contribution < 1.29 is 9.90 Å². The first-order valence-corrected chi connectivity index (χ1v) is 6.69. The van der Waals surface area contributed by atoms with Gasteiger partial charge in [-0.2, -0.15) is 0 Å². The standard InChI is InChI=1S/C13H21NO2/c1-2-3-5-13-6-4-9-7-11(15)10(13)8-12(16)14(9)13/h9-11,15H,2-8H2,1H3/t9-,10-,11+,13+/m1/s1. The normalized spacial score (nSPS) is 45.5. The van der Waals surface area contributed by atoms with Crippen molar-refractivity contribution >= 4 is 5.91 Å². The van der Waals surface area contributed by atoms with Gasteiger partial charge >= 0.3 is 0 Å². The molecule has 3 rings (SSSR count). The Bertz CT molecular complexity index is 317. The largest absolute Gasteiger partial charge is 0.393 e. The number of carbonyl (C=O) groups excluding carboxylic acids is 1. The maximum absolute atomic E-state index is 12.0. The van der Waals surface area contributed by atoms with Crippen LogP contribution in [-0.2, 0) is 4.79 Å². The molecule has 1 N–H and O–H groups in total. The molecule has 3 heteroatoms. The molecule has 0 spiro atoms. The second-order valence-corrected chi connectivity index (χ2v) is 5.78. The van der Waals surface area contributed by atoms with Crippen molar-refractivity contribution in [2.24, 2.45) is 5.92 Å². The Morgan fingerprint density at radius 2 is 2.38 bits per heavy atom. The summed E-state index contributed by atoms with van der Waals surface area (Å²) in [5.41, 5.74) is 0.0510. The van der Waals surface area contributed by atoms with Crippen molar-refractivity contribution in [1.29, 1.82) is 0 Å². The number of carbonyl (C=O) groups is 1. The highest BCUT2D eigenvalue weighted by Gasteiger charge is 2.63. The van der Waals surface area contributed by atoms with Crippen LogP contribution in [0.2, 0.25) is 0 Å². The molecule has 4 atom stereocenters. The fourth-order valence-corrected chi connectivity index (χ4v) is 4.40. The van der Waals surface area contributed by atoms with Crippen molar-refractivity contribution in [2.45, 2.75) is 69.6 Å². The molecule has 0 unspecified atom stereocenters. The quantitative estimate of drug-likeness (QED) is 0.791. The lowest BCUT2D eigenvalue weighted by Gasteiger charge is -2.45. The number of piperidine rings is 1. The highest BCUT2D eigenvalue weighted by molar-refractivity contribution is 5.82. The molecule has 1 amide bonds. The molecule has 0 aromatic rings. The molecule has 0 aliphatic carbocycles. The Morgan fingerprint density at radius 1 is 1.56 bits per heavy atom. The third kappa shape index (κ3) is 1.15. The van der Waals surface area contributed by atoms with Crippen molar-refractivity contribution in [3.8, 4) is 0 Å². The zero-order valence-electron chi connectivity index (χ0n) is 9.98. The van der Waals surface area contributed by atoms with Gasteiger partial charge < -0.3 is 10.0 Å². The molecule has 3 aliphatic rings. The van der Waals surface area contributed by atoms with Gasteiger partial charge in [0.1, 0.15) is 0 Å². The van der Waals surface area contributed by atoms with Gasteiger partial charge in [0.2, 0.25) is 5.91 Å². The molecule has 90 valence electrons. The maximum Gasteiger partial charge on any atom is 0.223 e. The van der Waals surface area contributed by atoms with E-state index in [0.717, 1.165) is 25.7 Å². The van der Waals surface area contributed by atoms with Gasteiger partial charge in [0.05, 0.1) is 6.10 Å². The average molecular weight is 223 g/mol. The third-order valence-electron chi connectivity index (χ3n) is 5.05. The van der Waals surface area contributed by atoms with Crippen LogP contribution in [0.25, 0.3) is 0 Å². The molecule has 3 fully saturated rings. The summed E-state index contributed by atoms with van der Waals surface area (Å²) in [6, 6.07) is 0.345. The summed E-state index contributed by atoms with van der Waals surface area (Å²) in [6.07, 6.45) is 6.90. The van der Waals surface area contributed by atoms with Crippen molar-refractivity contribution in [3.63, 3.8) is 0 Å². The first kappa shape index (κ1) is 10.6. The number of nitrogens with zero attached hydrogens (tertiary/aromatic N) is 1. The van der Waals surface area contributed by atoms with Crippen LogP contribution in [0.3, 0.4) is 0 Å². The Labute approximate surface area is 96.8 Å². The second-order valence-electron chi connectivity index (χ2n) is 5.78. The molecule has 0 aromatic heterocycles. The number of aliphatic hydroxyl groups is 1. The minimum absolute atomic E-state index is 0.0510. The number of aliphatic hydroxyl groups excluding tert-OH is 1. The van der Waals surface area contributed by atoms with Crippen molar-refractivity contribution in [1.82, 2.24) is 4.90 Å². The molecule has 3 saturated heterocycles. The number of hydrogen-bond acceptors (Lipinski definition) is 2. The monoisotopic (exact) mass is 223 g/mol. The smallest absolute Gasteiger partial charge is 0.223 e. The van der Waals surface area contributed by atoms with Gasteiger partial charge in [-0.05, 0) is 25.7 Å². The first-order valence-electron chi connectivity index (χ1n) is 6.69. The lowest BCUT2D eigenvalue weighted by Crippen LogP contribution is -2.55. The lowest BCUT2D eigenvalue weighted by atomic mass is 9.75. The van der Waals surface area contributed by atoms with Crippen LogP contribution in [0.4, 0.5) is 0 Å². The first-order chi connectivity index (χ1) is 7.69. The van der Waals surface area contributed by atoms with Gasteiger partial charge in [-0.25, -0.2) is 0 Å². The van der Waals surface area contributed by atoms with Gasteiger partial charge in [-0.1, -0.05) is 19.8 Å². The van der Waals surface area contributed by atoms with Crippen LogP contribution >= 0.6 is 0 Å². The molecule has 4 bridgehead atoms. The Kier molecular flexibility index (Phi) is 2.29. The van der Waals surface area contributed by atoms with Crippen LogP contribution < -0.4 is 0 Å². The highest BCUT2D eigenvalue weighted by Crippen LogP contribution is 2.55. The summed E-state index contributed by atoms with van der Waals surface area (Å²) in [6.45, 7) is 2.20. The van der Waals surface area contributed by atoms with Gasteiger partial charge in [0.25, 0.3) is 0 Å². The predicted octanol–water partition coefficient (Wildman–Crippen LogP) is 1.69. The molecule has 3 aliphatic heterocycles. The van der Waals surface area contributed by atoms with Gasteiger partial charge in [-0.3, -0.25) is 4.79 Å². The molecular formula is C13H21NO2. The minimum Gasteiger partial charge on any atom is -0.393 e. The molecule has 16 heavy (non-hydrogen) atoms. The van der Waals surface area contributed by atoms with Crippen LogP contribution in [0.15, 0.2) is 0 Å². The number of hydrogen-bond donors (Lipinski definition) is 1. The summed E-state index contributed by atoms with van der Waals surface area (Å²) in [5, 5.41) is 10.2. The van der Waals surface area contributed by atoms with E-state index in [1.54, 1.807) is 0 Å². The van der Waals surface area contributed by atoms with E-state index < -0.39 is 0 Å². The van der Waals surface area contributed by atoms with Crippen LogP contribution in [-0.4, -0.2) is 33.6 Å². The van der Waals surface area contributed by atoms with E-state index >= 15 is 0 Å². The van der Waals surface area contributed by atoms with Crippen molar-refractivity contribution in [3.05, 3.63) is 0 Å². The zero-order chi connectivity index (χ0) is 11.3. The minimum atomic E-state index is -0.230. The predicted molar refractivity (Wildman–Crippen MR) is 60.9 cm³/mol. The van der Waals surface area contributed by atoms with Gasteiger partial charge in [0, 0.05) is 23.9 Å². The summed E-state index contributed by atoms with van der Waals surface area (Å²) in [5.74, 6) is 0.533. The highest BCUT2D eigenvalue weighted by atomic mass is 16.3. The van der Waals surface area contributed by atoms with Gasteiger partial charge in [0.15, 0.2) is 0 Å². The summed E-state index contributed by atoms with van der Waals surface area (Å²) < 4.78 is 0. The molecule has 0 aromatic carbocycles. The Hall–Kier alpha value is -0.570. The average Bonchev–Trinajstić information content (AvgIpc) is 2.66. The van der Waals surface area contributed by atoms with Crippen molar-refractivity contribution in [2.75, 3.05) is 0 Å². The summed E-state index contributed by atoms with van der Waals surface area (Å²) in [4.78, 5) is 14.2. The molecule has 0 radical (unpaired) electrons. The van der Waals surface area contributed by atoms with E-state index in [9.17, 15) is 9.90 Å². The Morgan fingerprint density at radius 3 is 3.12 bits per heavy atom. The maximum atomic E-state index is 12.0. The molecule has 3 heterocycles. The van der Waals surface area contributed by atoms with E-state index in [0.29, 0.717) is 18.4 Å². The fourth-order valence-electron chi connectivity index (χ4n) is 4.40. The van der Waals surface area contributed by atoms with Crippen LogP contribution in [0, 0.1) is 5.92 Å². The zero-order valence-corrected chi connectivity index (χ0v) is 9.98. The molecule has 0 saturated carbocycles. The van der Waals surface area contributed by atoms with E-state index in [2.05, 4.69) is 11.8 Å².